The summed E-state index contributed by atoms with van der Waals surface area (Å²) < 4.78 is 0. The molecule has 1 saturated carbocycles. The monoisotopic (exact) mass is 176 g/mol. The van der Waals surface area contributed by atoms with Crippen LogP contribution in [0.25, 0.3) is 0 Å². The van der Waals surface area contributed by atoms with Gasteiger partial charge in [0.2, 0.25) is 0 Å². The smallest absolute Gasteiger partial charge is 0.0195 e. The average molecular weight is 176 g/mol. The maximum absolute atomic E-state index is 4.50. The van der Waals surface area contributed by atoms with E-state index in [1.807, 2.05) is 0 Å². The molecule has 6 N–H and O–H groups in total. The lowest BCUT2D eigenvalue weighted by atomic mass is 10.2. The molecule has 0 aromatic heterocycles. The minimum absolute atomic E-state index is 1.40. The zero-order valence-electron chi connectivity index (χ0n) is 9.06. The second-order valence-corrected chi connectivity index (χ2v) is 2.16. The molecule has 0 saturated heterocycles. The Kier molecular flexibility index (Phi) is 33.3. The van der Waals surface area contributed by atoms with Crippen LogP contribution in [0.2, 0.25) is 0 Å². The van der Waals surface area contributed by atoms with E-state index in [0.29, 0.717) is 0 Å². The number of rotatable bonds is 0. The standard InChI is InChI=1S/C6H11.3CH5N/c1-6-4-2-3-5-6;3*1-2/h2-5H2,1H3;3*2H2,1H3. The van der Waals surface area contributed by atoms with Crippen LogP contribution in [0.15, 0.2) is 0 Å². The summed E-state index contributed by atoms with van der Waals surface area (Å²) in [5.41, 5.74) is 13.5. The lowest BCUT2D eigenvalue weighted by Crippen LogP contribution is -1.74. The van der Waals surface area contributed by atoms with E-state index in [1.54, 1.807) is 5.92 Å². The molecule has 3 nitrogen and oxygen atoms in total. The van der Waals surface area contributed by atoms with Crippen LogP contribution in [0.1, 0.15) is 32.6 Å². The van der Waals surface area contributed by atoms with Gasteiger partial charge in [0, 0.05) is 0 Å². The maximum atomic E-state index is 4.50. The lowest BCUT2D eigenvalue weighted by Gasteiger charge is -1.90. The van der Waals surface area contributed by atoms with Gasteiger partial charge >= 0.3 is 0 Å². The van der Waals surface area contributed by atoms with Crippen LogP contribution in [0.5, 0.6) is 0 Å². The Morgan fingerprint density at radius 3 is 1.08 bits per heavy atom. The molecular weight excluding hydrogens is 150 g/mol. The van der Waals surface area contributed by atoms with Crippen molar-refractivity contribution in [1.82, 2.24) is 0 Å². The molecule has 0 unspecified atom stereocenters. The van der Waals surface area contributed by atoms with Crippen molar-refractivity contribution in [3.63, 3.8) is 0 Å². The van der Waals surface area contributed by atoms with Gasteiger partial charge in [-0.15, -0.1) is 0 Å². The highest BCUT2D eigenvalue weighted by Gasteiger charge is 2.07. The Morgan fingerprint density at radius 1 is 0.750 bits per heavy atom. The normalized spacial score (nSPS) is 14.2. The molecule has 0 aliphatic heterocycles. The summed E-state index contributed by atoms with van der Waals surface area (Å²) >= 11 is 0. The molecule has 0 aromatic carbocycles. The van der Waals surface area contributed by atoms with Crippen molar-refractivity contribution >= 4 is 0 Å². The van der Waals surface area contributed by atoms with E-state index < -0.39 is 0 Å². The number of hydrogen-bond donors (Lipinski definition) is 3. The van der Waals surface area contributed by atoms with E-state index in [2.05, 4.69) is 24.1 Å². The maximum Gasteiger partial charge on any atom is -0.0195 e. The fourth-order valence-corrected chi connectivity index (χ4v) is 0.979. The van der Waals surface area contributed by atoms with Crippen LogP contribution >= 0.6 is 0 Å². The molecule has 0 amide bonds. The van der Waals surface area contributed by atoms with Gasteiger partial charge in [-0.3, -0.25) is 0 Å². The molecule has 0 aromatic rings. The highest BCUT2D eigenvalue weighted by Crippen LogP contribution is 2.24. The molecule has 0 atom stereocenters. The zero-order chi connectivity index (χ0) is 10.4. The van der Waals surface area contributed by atoms with E-state index in [9.17, 15) is 0 Å². The minimum atomic E-state index is 1.40. The van der Waals surface area contributed by atoms with Crippen molar-refractivity contribution < 1.29 is 0 Å². The molecule has 3 heteroatoms. The molecule has 0 spiro atoms. The van der Waals surface area contributed by atoms with Crippen molar-refractivity contribution in [1.29, 1.82) is 0 Å². The molecular formula is C9H26N3. The predicted molar refractivity (Wildman–Crippen MR) is 57.7 cm³/mol. The minimum Gasteiger partial charge on any atom is -0.333 e. The lowest BCUT2D eigenvalue weighted by molar-refractivity contribution is 0.886. The van der Waals surface area contributed by atoms with E-state index >= 15 is 0 Å². The number of nitrogens with two attached hydrogens (primary N) is 3. The topological polar surface area (TPSA) is 78.1 Å². The van der Waals surface area contributed by atoms with Gasteiger partial charge in [-0.1, -0.05) is 19.8 Å². The molecule has 77 valence electrons. The Morgan fingerprint density at radius 2 is 1.00 bits per heavy atom. The summed E-state index contributed by atoms with van der Waals surface area (Å²) in [6.07, 6.45) is 5.71. The van der Waals surface area contributed by atoms with Gasteiger partial charge in [0.25, 0.3) is 0 Å². The van der Waals surface area contributed by atoms with Crippen LogP contribution < -0.4 is 17.2 Å². The predicted octanol–water partition coefficient (Wildman–Crippen LogP) is 0.879. The first kappa shape index (κ1) is 17.8. The molecule has 1 rings (SSSR count). The molecule has 1 radical (unpaired) electrons. The largest absolute Gasteiger partial charge is 0.333 e. The van der Waals surface area contributed by atoms with Crippen molar-refractivity contribution in [3.05, 3.63) is 5.92 Å². The van der Waals surface area contributed by atoms with Gasteiger partial charge in [-0.25, -0.2) is 0 Å². The molecule has 0 bridgehead atoms. The quantitative estimate of drug-likeness (QED) is 0.512. The Hall–Kier alpha value is -0.120. The first-order valence-corrected chi connectivity index (χ1v) is 4.44. The summed E-state index contributed by atoms with van der Waals surface area (Å²) in [4.78, 5) is 0. The first-order valence-electron chi connectivity index (χ1n) is 4.44. The van der Waals surface area contributed by atoms with Crippen molar-refractivity contribution in [2.75, 3.05) is 21.1 Å². The van der Waals surface area contributed by atoms with E-state index in [0.717, 1.165) is 0 Å². The van der Waals surface area contributed by atoms with Gasteiger partial charge in [0.1, 0.15) is 0 Å². The van der Waals surface area contributed by atoms with Crippen molar-refractivity contribution in [2.24, 2.45) is 17.2 Å². The molecule has 1 aliphatic carbocycles. The van der Waals surface area contributed by atoms with Gasteiger partial charge in [-0.05, 0) is 39.9 Å². The fraction of sp³-hybridized carbons (Fsp3) is 0.889. The molecule has 12 heavy (non-hydrogen) atoms. The van der Waals surface area contributed by atoms with Gasteiger partial charge in [-0.2, -0.15) is 0 Å². The van der Waals surface area contributed by atoms with Crippen molar-refractivity contribution in [2.45, 2.75) is 32.6 Å². The van der Waals surface area contributed by atoms with E-state index in [4.69, 9.17) is 0 Å². The first-order chi connectivity index (χ1) is 5.89. The summed E-state index contributed by atoms with van der Waals surface area (Å²) in [6.45, 7) is 2.26. The van der Waals surface area contributed by atoms with Gasteiger partial charge in [0.05, 0.1) is 0 Å². The average Bonchev–Trinajstić information content (AvgIpc) is 2.66. The molecule has 1 fully saturated rings. The SMILES string of the molecule is CN.CN.CN.C[C]1CCCC1. The zero-order valence-corrected chi connectivity index (χ0v) is 9.06. The summed E-state index contributed by atoms with van der Waals surface area (Å²) in [7, 11) is 4.50. The van der Waals surface area contributed by atoms with Crippen LogP contribution in [0.4, 0.5) is 0 Å². The highest BCUT2D eigenvalue weighted by molar-refractivity contribution is 4.88. The van der Waals surface area contributed by atoms with Crippen LogP contribution in [-0.2, 0) is 0 Å². The molecule has 0 heterocycles. The molecule has 1 aliphatic rings. The Labute approximate surface area is 77.7 Å². The van der Waals surface area contributed by atoms with Crippen LogP contribution in [0.3, 0.4) is 0 Å². The van der Waals surface area contributed by atoms with Crippen LogP contribution in [-0.4, -0.2) is 21.1 Å². The third-order valence-corrected chi connectivity index (χ3v) is 1.46. The van der Waals surface area contributed by atoms with Gasteiger partial charge in [0.15, 0.2) is 0 Å². The Balaban J connectivity index is -0.000000117. The van der Waals surface area contributed by atoms with E-state index in [1.165, 1.54) is 46.8 Å². The fourth-order valence-electron chi connectivity index (χ4n) is 0.979. The summed E-state index contributed by atoms with van der Waals surface area (Å²) in [5, 5.41) is 0. The van der Waals surface area contributed by atoms with E-state index in [-0.39, 0.29) is 0 Å². The third kappa shape index (κ3) is 16.5. The van der Waals surface area contributed by atoms with Gasteiger partial charge < -0.3 is 17.2 Å². The highest BCUT2D eigenvalue weighted by atomic mass is 14.4. The Bertz CT molecular complexity index is 43.0. The summed E-state index contributed by atoms with van der Waals surface area (Å²) in [6, 6.07) is 0. The second-order valence-electron chi connectivity index (χ2n) is 2.16. The number of hydrogen-bond acceptors (Lipinski definition) is 3. The van der Waals surface area contributed by atoms with Crippen molar-refractivity contribution in [3.8, 4) is 0 Å². The second kappa shape index (κ2) is 22.4. The third-order valence-electron chi connectivity index (χ3n) is 1.46. The summed E-state index contributed by atoms with van der Waals surface area (Å²) in [5.74, 6) is 1.70. The van der Waals surface area contributed by atoms with Crippen LogP contribution in [0, 0.1) is 5.92 Å².